The molecule has 0 spiro atoms. The molecule has 0 fully saturated rings. The Kier molecular flexibility index (Phi) is 10.4. The Balaban J connectivity index is 1.70. The first-order valence-corrected chi connectivity index (χ1v) is 13.9. The van der Waals surface area contributed by atoms with E-state index in [1.54, 1.807) is 12.1 Å². The second-order valence-corrected chi connectivity index (χ2v) is 10.8. The summed E-state index contributed by atoms with van der Waals surface area (Å²) in [5, 5.41) is 11.5. The predicted octanol–water partition coefficient (Wildman–Crippen LogP) is 3.36. The number of aliphatic carboxylic acids is 1. The average molecular weight is 558 g/mol. The number of nitrogens with two attached hydrogens (primary N) is 1. The van der Waals surface area contributed by atoms with E-state index < -0.39 is 34.3 Å². The van der Waals surface area contributed by atoms with Crippen molar-refractivity contribution in [3.8, 4) is 5.75 Å². The lowest BCUT2D eigenvalue weighted by Gasteiger charge is -2.20. The number of sulfonamides is 1. The first kappa shape index (κ1) is 29.6. The topological polar surface area (TPSA) is 148 Å². The maximum absolute atomic E-state index is 13.4. The summed E-state index contributed by atoms with van der Waals surface area (Å²) in [5.74, 6) is -2.50. The molecular weight excluding hydrogens is 525 g/mol. The van der Waals surface area contributed by atoms with Gasteiger partial charge in [-0.2, -0.15) is 9.11 Å². The molecule has 9 nitrogen and oxygen atoms in total. The Morgan fingerprint density at radius 1 is 1.00 bits per heavy atom. The Morgan fingerprint density at radius 3 is 2.33 bits per heavy atom. The summed E-state index contributed by atoms with van der Waals surface area (Å²) >= 11 is 0. The number of carbonyl (C=O) groups excluding carboxylic acids is 1. The van der Waals surface area contributed by atoms with Crippen LogP contribution in [0.3, 0.4) is 0 Å². The zero-order valence-electron chi connectivity index (χ0n) is 21.5. The number of unbranched alkanes of at least 4 members (excludes halogenated alkanes) is 1. The number of aryl methyl sites for hydroxylation is 2. The van der Waals surface area contributed by atoms with Gasteiger partial charge in [-0.3, -0.25) is 4.79 Å². The van der Waals surface area contributed by atoms with Gasteiger partial charge in [0.05, 0.1) is 10.6 Å². The standard InChI is InChI=1S/C28H32FN3O6S/c1-19-10-13-22(14-11-19)39(36,37)32-24(27(33)31-16-6-5-9-20-7-3-2-4-8-20)18-21-12-15-25(23(30)17-21)38-26(29)28(34)35/h2-4,7-8,10-15,17,24,26,32H,5-6,9,16,18,30H2,1H3,(H,31,33)(H,34,35)/t24-,26?/m0/s1. The van der Waals surface area contributed by atoms with Gasteiger partial charge in [-0.25, -0.2) is 13.2 Å². The van der Waals surface area contributed by atoms with Crippen LogP contribution in [0.2, 0.25) is 0 Å². The number of carbonyl (C=O) groups is 2. The Hall–Kier alpha value is -3.96. The van der Waals surface area contributed by atoms with Crippen LogP contribution in [0.25, 0.3) is 0 Å². The van der Waals surface area contributed by atoms with E-state index in [9.17, 15) is 22.4 Å². The lowest BCUT2D eigenvalue weighted by Crippen LogP contribution is -2.48. The normalized spacial score (nSPS) is 12.9. The maximum Gasteiger partial charge on any atom is 0.378 e. The van der Waals surface area contributed by atoms with Crippen molar-refractivity contribution in [2.24, 2.45) is 0 Å². The third-order valence-electron chi connectivity index (χ3n) is 5.92. The fraction of sp³-hybridized carbons (Fsp3) is 0.286. The van der Waals surface area contributed by atoms with Crippen LogP contribution in [0.5, 0.6) is 5.75 Å². The number of carboxylic acid groups (broad SMARTS) is 1. The molecule has 0 radical (unpaired) electrons. The van der Waals surface area contributed by atoms with Gasteiger partial charge in [-0.1, -0.05) is 54.1 Å². The van der Waals surface area contributed by atoms with Crippen LogP contribution in [-0.2, 0) is 32.5 Å². The summed E-state index contributed by atoms with van der Waals surface area (Å²) in [4.78, 5) is 23.8. The Bertz CT molecular complexity index is 1370. The van der Waals surface area contributed by atoms with E-state index in [2.05, 4.69) is 14.8 Å². The number of anilines is 1. The van der Waals surface area contributed by atoms with Gasteiger partial charge in [0, 0.05) is 6.54 Å². The number of benzene rings is 3. The summed E-state index contributed by atoms with van der Waals surface area (Å²) in [6.45, 7) is 2.19. The molecule has 3 aromatic carbocycles. The molecule has 0 heterocycles. The minimum atomic E-state index is -4.04. The van der Waals surface area contributed by atoms with Crippen LogP contribution < -0.4 is 20.5 Å². The number of halogens is 1. The molecule has 3 aromatic rings. The Labute approximate surface area is 227 Å². The molecule has 0 aliphatic carbocycles. The van der Waals surface area contributed by atoms with Crippen LogP contribution in [0.1, 0.15) is 29.5 Å². The molecule has 0 aliphatic rings. The van der Waals surface area contributed by atoms with E-state index in [1.807, 2.05) is 37.3 Å². The van der Waals surface area contributed by atoms with Gasteiger partial charge in [0.1, 0.15) is 11.8 Å². The van der Waals surface area contributed by atoms with Gasteiger partial charge < -0.3 is 20.9 Å². The molecule has 5 N–H and O–H groups in total. The van der Waals surface area contributed by atoms with Gasteiger partial charge in [0.15, 0.2) is 0 Å². The molecule has 3 rings (SSSR count). The highest BCUT2D eigenvalue weighted by Crippen LogP contribution is 2.25. The van der Waals surface area contributed by atoms with E-state index in [0.29, 0.717) is 18.5 Å². The van der Waals surface area contributed by atoms with Gasteiger partial charge >= 0.3 is 12.3 Å². The molecule has 0 aromatic heterocycles. The van der Waals surface area contributed by atoms with E-state index in [-0.39, 0.29) is 22.8 Å². The third kappa shape index (κ3) is 9.08. The SMILES string of the molecule is Cc1ccc(S(=O)(=O)N[C@@H](Cc2ccc(OC(F)C(=O)O)c(N)c2)C(=O)NCCCCc2ccccc2)cc1. The highest BCUT2D eigenvalue weighted by molar-refractivity contribution is 7.89. The Morgan fingerprint density at radius 2 is 1.69 bits per heavy atom. The second kappa shape index (κ2) is 13.7. The monoisotopic (exact) mass is 557 g/mol. The van der Waals surface area contributed by atoms with Crippen LogP contribution in [0, 0.1) is 6.92 Å². The van der Waals surface area contributed by atoms with Crippen LogP contribution >= 0.6 is 0 Å². The summed E-state index contributed by atoms with van der Waals surface area (Å²) < 4.78 is 46.7. The van der Waals surface area contributed by atoms with Crippen molar-refractivity contribution in [2.45, 2.75) is 49.9 Å². The molecule has 11 heteroatoms. The molecule has 1 amide bonds. The first-order chi connectivity index (χ1) is 18.5. The van der Waals surface area contributed by atoms with Crippen molar-refractivity contribution in [3.63, 3.8) is 0 Å². The fourth-order valence-corrected chi connectivity index (χ4v) is 5.02. The number of alkyl halides is 1. The number of nitrogen functional groups attached to an aromatic ring is 1. The van der Waals surface area contributed by atoms with Gasteiger partial charge in [-0.15, -0.1) is 0 Å². The van der Waals surface area contributed by atoms with Crippen molar-refractivity contribution >= 4 is 27.6 Å². The third-order valence-corrected chi connectivity index (χ3v) is 7.41. The van der Waals surface area contributed by atoms with Gasteiger partial charge in [0.2, 0.25) is 15.9 Å². The number of amides is 1. The van der Waals surface area contributed by atoms with Crippen molar-refractivity contribution in [2.75, 3.05) is 12.3 Å². The van der Waals surface area contributed by atoms with Crippen LogP contribution in [0.4, 0.5) is 10.1 Å². The second-order valence-electron chi connectivity index (χ2n) is 9.07. The number of hydrogen-bond donors (Lipinski definition) is 4. The minimum absolute atomic E-state index is 0.0136. The molecular formula is C28H32FN3O6S. The summed E-state index contributed by atoms with van der Waals surface area (Å²) in [6, 6.07) is 19.1. The number of ether oxygens (including phenoxy) is 1. The van der Waals surface area contributed by atoms with E-state index in [0.717, 1.165) is 18.4 Å². The largest absolute Gasteiger partial charge is 0.476 e. The molecule has 1 unspecified atom stereocenters. The van der Waals surface area contributed by atoms with E-state index >= 15 is 0 Å². The highest BCUT2D eigenvalue weighted by atomic mass is 32.2. The number of nitrogens with one attached hydrogen (secondary N) is 2. The van der Waals surface area contributed by atoms with E-state index in [1.165, 1.54) is 35.9 Å². The van der Waals surface area contributed by atoms with Crippen molar-refractivity contribution in [1.29, 1.82) is 0 Å². The van der Waals surface area contributed by atoms with Gasteiger partial charge in [-0.05, 0) is 68.0 Å². The predicted molar refractivity (Wildman–Crippen MR) is 145 cm³/mol. The lowest BCUT2D eigenvalue weighted by atomic mass is 10.0. The molecule has 0 aliphatic heterocycles. The number of hydrogen-bond acceptors (Lipinski definition) is 6. The lowest BCUT2D eigenvalue weighted by molar-refractivity contribution is -0.153. The maximum atomic E-state index is 13.4. The molecule has 0 bridgehead atoms. The molecule has 0 saturated carbocycles. The van der Waals surface area contributed by atoms with Crippen LogP contribution in [-0.4, -0.2) is 44.3 Å². The van der Waals surface area contributed by atoms with Crippen molar-refractivity contribution < 1.29 is 32.2 Å². The quantitative estimate of drug-likeness (QED) is 0.175. The zero-order valence-corrected chi connectivity index (χ0v) is 22.3. The first-order valence-electron chi connectivity index (χ1n) is 12.4. The van der Waals surface area contributed by atoms with Gasteiger partial charge in [0.25, 0.3) is 0 Å². The highest BCUT2D eigenvalue weighted by Gasteiger charge is 2.26. The smallest absolute Gasteiger partial charge is 0.378 e. The number of carboxylic acids is 1. The summed E-state index contributed by atoms with van der Waals surface area (Å²) in [7, 11) is -4.04. The van der Waals surface area contributed by atoms with Crippen molar-refractivity contribution in [3.05, 3.63) is 89.5 Å². The summed E-state index contributed by atoms with van der Waals surface area (Å²) in [6.07, 6.45) is -0.266. The van der Waals surface area contributed by atoms with Crippen LogP contribution in [0.15, 0.2) is 77.7 Å². The molecule has 0 saturated heterocycles. The fourth-order valence-electron chi connectivity index (χ4n) is 3.82. The van der Waals surface area contributed by atoms with E-state index in [4.69, 9.17) is 10.8 Å². The van der Waals surface area contributed by atoms with Crippen molar-refractivity contribution in [1.82, 2.24) is 10.0 Å². The average Bonchev–Trinajstić information content (AvgIpc) is 2.90. The minimum Gasteiger partial charge on any atom is -0.476 e. The molecule has 39 heavy (non-hydrogen) atoms. The molecule has 2 atom stereocenters. The zero-order chi connectivity index (χ0) is 28.4. The number of rotatable bonds is 14. The summed E-state index contributed by atoms with van der Waals surface area (Å²) in [5.41, 5.74) is 8.37. The molecule has 208 valence electrons.